The molecule has 2 aliphatic heterocycles. The predicted octanol–water partition coefficient (Wildman–Crippen LogP) is 3.90. The molecule has 2 aromatic rings. The lowest BCUT2D eigenvalue weighted by molar-refractivity contribution is 0.556. The van der Waals surface area contributed by atoms with Gasteiger partial charge in [0, 0.05) is 35.3 Å². The van der Waals surface area contributed by atoms with Crippen LogP contribution in [-0.2, 0) is 0 Å². The van der Waals surface area contributed by atoms with Crippen LogP contribution in [0.25, 0.3) is 0 Å². The van der Waals surface area contributed by atoms with E-state index in [-0.39, 0.29) is 0 Å². The van der Waals surface area contributed by atoms with Gasteiger partial charge in [0.2, 0.25) is 17.8 Å². The largest absolute Gasteiger partial charge is 0.341 e. The molecule has 28 heavy (non-hydrogen) atoms. The second-order valence-electron chi connectivity index (χ2n) is 7.25. The number of aromatic nitrogens is 3. The van der Waals surface area contributed by atoms with Crippen LogP contribution in [0.5, 0.6) is 0 Å². The van der Waals surface area contributed by atoms with Gasteiger partial charge in [-0.15, -0.1) is 0 Å². The molecule has 2 fully saturated rings. The zero-order chi connectivity index (χ0) is 19.2. The average Bonchev–Trinajstić information content (AvgIpc) is 2.76. The molecule has 8 heteroatoms. The Morgan fingerprint density at radius 1 is 0.821 bits per heavy atom. The highest BCUT2D eigenvalue weighted by Gasteiger charge is 2.20. The van der Waals surface area contributed by atoms with Crippen molar-refractivity contribution in [2.45, 2.75) is 38.5 Å². The Bertz CT molecular complexity index is 778. The summed E-state index contributed by atoms with van der Waals surface area (Å²) in [6, 6.07) is 8.14. The molecule has 1 aromatic carbocycles. The van der Waals surface area contributed by atoms with Gasteiger partial charge in [-0.2, -0.15) is 20.1 Å². The Morgan fingerprint density at radius 3 is 1.96 bits per heavy atom. The van der Waals surface area contributed by atoms with Crippen molar-refractivity contribution in [1.82, 2.24) is 15.0 Å². The van der Waals surface area contributed by atoms with Crippen molar-refractivity contribution in [3.8, 4) is 0 Å². The molecule has 0 spiro atoms. The van der Waals surface area contributed by atoms with Crippen LogP contribution in [0.3, 0.4) is 0 Å². The van der Waals surface area contributed by atoms with E-state index in [0.717, 1.165) is 47.2 Å². The predicted molar refractivity (Wildman–Crippen MR) is 122 cm³/mol. The zero-order valence-electron chi connectivity index (χ0n) is 16.0. The van der Waals surface area contributed by atoms with Gasteiger partial charge < -0.3 is 9.80 Å². The molecule has 2 saturated heterocycles. The maximum atomic E-state index is 4.80. The summed E-state index contributed by atoms with van der Waals surface area (Å²) < 4.78 is 1.16. The second kappa shape index (κ2) is 9.49. The Kier molecular flexibility index (Phi) is 6.56. The lowest BCUT2D eigenvalue weighted by Gasteiger charge is -2.30. The van der Waals surface area contributed by atoms with Gasteiger partial charge in [-0.1, -0.05) is 18.2 Å². The molecule has 0 saturated carbocycles. The molecule has 0 aliphatic carbocycles. The molecule has 0 unspecified atom stereocenters. The Labute approximate surface area is 179 Å². The van der Waals surface area contributed by atoms with E-state index in [1.165, 1.54) is 38.5 Å². The van der Waals surface area contributed by atoms with E-state index in [1.807, 2.05) is 24.4 Å². The van der Waals surface area contributed by atoms with E-state index in [9.17, 15) is 0 Å². The van der Waals surface area contributed by atoms with Crippen molar-refractivity contribution >= 4 is 46.7 Å². The molecule has 1 aromatic heterocycles. The number of nitrogens with zero attached hydrogens (tertiary/aromatic N) is 6. The molecular weight excluding hydrogens is 465 g/mol. The lowest BCUT2D eigenvalue weighted by Crippen LogP contribution is -2.34. The summed E-state index contributed by atoms with van der Waals surface area (Å²) in [4.78, 5) is 18.7. The molecule has 0 radical (unpaired) electrons. The molecule has 1 N–H and O–H groups in total. The SMILES string of the molecule is Ic1ccccc1/C=N\Nc1nc(N2CCCCC2)nc(N2CCCCC2)n1. The van der Waals surface area contributed by atoms with E-state index in [4.69, 9.17) is 4.98 Å². The number of piperidine rings is 2. The van der Waals surface area contributed by atoms with Crippen molar-refractivity contribution in [3.63, 3.8) is 0 Å². The quantitative estimate of drug-likeness (QED) is 0.389. The van der Waals surface area contributed by atoms with Crippen LogP contribution in [0, 0.1) is 3.57 Å². The Balaban J connectivity index is 1.56. The van der Waals surface area contributed by atoms with Gasteiger partial charge in [-0.3, -0.25) is 0 Å². The molecule has 3 heterocycles. The van der Waals surface area contributed by atoms with Crippen molar-refractivity contribution in [1.29, 1.82) is 0 Å². The van der Waals surface area contributed by atoms with Crippen LogP contribution in [-0.4, -0.2) is 47.3 Å². The minimum Gasteiger partial charge on any atom is -0.341 e. The smallest absolute Gasteiger partial charge is 0.250 e. The highest BCUT2D eigenvalue weighted by Crippen LogP contribution is 2.22. The minimum absolute atomic E-state index is 0.512. The van der Waals surface area contributed by atoms with Crippen molar-refractivity contribution in [3.05, 3.63) is 33.4 Å². The first-order valence-electron chi connectivity index (χ1n) is 10.1. The van der Waals surface area contributed by atoms with Crippen LogP contribution >= 0.6 is 22.6 Å². The number of halogens is 1. The second-order valence-corrected chi connectivity index (χ2v) is 8.41. The first kappa shape index (κ1) is 19.4. The number of hydrogen-bond donors (Lipinski definition) is 1. The van der Waals surface area contributed by atoms with E-state index in [1.54, 1.807) is 0 Å². The molecule has 0 bridgehead atoms. The van der Waals surface area contributed by atoms with E-state index >= 15 is 0 Å². The van der Waals surface area contributed by atoms with E-state index in [0.29, 0.717) is 5.95 Å². The number of hydrogen-bond acceptors (Lipinski definition) is 7. The summed E-state index contributed by atoms with van der Waals surface area (Å²) in [6.07, 6.45) is 9.15. The molecule has 0 amide bonds. The van der Waals surface area contributed by atoms with Gasteiger partial charge in [0.05, 0.1) is 6.21 Å². The normalized spacial score (nSPS) is 17.9. The highest BCUT2D eigenvalue weighted by molar-refractivity contribution is 14.1. The van der Waals surface area contributed by atoms with Gasteiger partial charge >= 0.3 is 0 Å². The number of nitrogens with one attached hydrogen (secondary N) is 1. The van der Waals surface area contributed by atoms with Crippen molar-refractivity contribution in [2.75, 3.05) is 41.4 Å². The fraction of sp³-hybridized carbons (Fsp3) is 0.500. The van der Waals surface area contributed by atoms with Crippen LogP contribution in [0.15, 0.2) is 29.4 Å². The molecular formula is C20H26IN7. The molecule has 4 rings (SSSR count). The van der Waals surface area contributed by atoms with E-state index < -0.39 is 0 Å². The lowest BCUT2D eigenvalue weighted by atomic mass is 10.1. The third-order valence-electron chi connectivity index (χ3n) is 5.16. The number of benzene rings is 1. The van der Waals surface area contributed by atoms with Crippen molar-refractivity contribution in [2.24, 2.45) is 5.10 Å². The molecule has 148 valence electrons. The summed E-state index contributed by atoms with van der Waals surface area (Å²) >= 11 is 2.31. The fourth-order valence-corrected chi connectivity index (χ4v) is 4.14. The maximum absolute atomic E-state index is 4.80. The van der Waals surface area contributed by atoms with E-state index in [2.05, 4.69) is 59.0 Å². The number of hydrazone groups is 1. The zero-order valence-corrected chi connectivity index (χ0v) is 18.2. The van der Waals surface area contributed by atoms with Crippen LogP contribution in [0.1, 0.15) is 44.1 Å². The average molecular weight is 491 g/mol. The standard InChI is InChI=1S/C20H26IN7/c21-17-10-4-3-9-16(17)15-22-26-18-23-19(27-11-5-1-6-12-27)25-20(24-18)28-13-7-2-8-14-28/h3-4,9-10,15H,1-2,5-8,11-14H2,(H,23,24,25,26)/b22-15-. The Hall–Kier alpha value is -1.97. The molecule has 2 aliphatic rings. The van der Waals surface area contributed by atoms with Crippen molar-refractivity contribution < 1.29 is 0 Å². The van der Waals surface area contributed by atoms with Crippen LogP contribution in [0.2, 0.25) is 0 Å². The first-order valence-corrected chi connectivity index (χ1v) is 11.2. The number of rotatable bonds is 5. The van der Waals surface area contributed by atoms with Gasteiger partial charge in [0.15, 0.2) is 0 Å². The van der Waals surface area contributed by atoms with Gasteiger partial charge in [-0.05, 0) is 67.2 Å². The summed E-state index contributed by atoms with van der Waals surface area (Å²) in [7, 11) is 0. The van der Waals surface area contributed by atoms with Gasteiger partial charge in [0.1, 0.15) is 0 Å². The summed E-state index contributed by atoms with van der Waals surface area (Å²) in [5, 5.41) is 4.38. The summed E-state index contributed by atoms with van der Waals surface area (Å²) in [6.45, 7) is 4.03. The summed E-state index contributed by atoms with van der Waals surface area (Å²) in [5.41, 5.74) is 4.10. The fourth-order valence-electron chi connectivity index (χ4n) is 3.61. The van der Waals surface area contributed by atoms with Gasteiger partial charge in [-0.25, -0.2) is 5.43 Å². The first-order chi connectivity index (χ1) is 13.8. The minimum atomic E-state index is 0.512. The number of anilines is 3. The highest BCUT2D eigenvalue weighted by atomic mass is 127. The monoisotopic (exact) mass is 491 g/mol. The summed E-state index contributed by atoms with van der Waals surface area (Å²) in [5.74, 6) is 2.04. The third kappa shape index (κ3) is 4.89. The topological polar surface area (TPSA) is 69.5 Å². The maximum Gasteiger partial charge on any atom is 0.250 e. The molecule has 7 nitrogen and oxygen atoms in total. The van der Waals surface area contributed by atoms with Crippen LogP contribution < -0.4 is 15.2 Å². The molecule has 0 atom stereocenters. The third-order valence-corrected chi connectivity index (χ3v) is 6.15. The van der Waals surface area contributed by atoms with Crippen LogP contribution in [0.4, 0.5) is 17.8 Å². The van der Waals surface area contributed by atoms with Gasteiger partial charge in [0.25, 0.3) is 0 Å². The Morgan fingerprint density at radius 2 is 1.39 bits per heavy atom.